The van der Waals surface area contributed by atoms with Crippen LogP contribution >= 0.6 is 0 Å². The molecule has 6 rings (SSSR count). The van der Waals surface area contributed by atoms with Crippen LogP contribution in [0.2, 0.25) is 0 Å². The summed E-state index contributed by atoms with van der Waals surface area (Å²) < 4.78 is 0. The lowest BCUT2D eigenvalue weighted by molar-refractivity contribution is -0.172. The van der Waals surface area contributed by atoms with Gasteiger partial charge in [-0.3, -0.25) is 4.79 Å². The molecule has 5 nitrogen and oxygen atoms in total. The number of likely N-dealkylation sites (tertiary alicyclic amines) is 1. The van der Waals surface area contributed by atoms with Crippen LogP contribution in [-0.4, -0.2) is 45.7 Å². The lowest BCUT2D eigenvalue weighted by atomic mass is 9.42. The topological polar surface area (TPSA) is 77.8 Å². The lowest BCUT2D eigenvalue weighted by Gasteiger charge is -2.62. The lowest BCUT2D eigenvalue weighted by Crippen LogP contribution is -2.61. The molecule has 2 unspecified atom stereocenters. The van der Waals surface area contributed by atoms with Gasteiger partial charge in [0.15, 0.2) is 5.60 Å². The van der Waals surface area contributed by atoms with Gasteiger partial charge in [0.2, 0.25) is 5.91 Å². The minimum atomic E-state index is -1.68. The number of amides is 1. The van der Waals surface area contributed by atoms with E-state index in [-0.39, 0.29) is 29.6 Å². The second-order valence-electron chi connectivity index (χ2n) is 10.5. The van der Waals surface area contributed by atoms with Gasteiger partial charge in [0.25, 0.3) is 0 Å². The van der Waals surface area contributed by atoms with Gasteiger partial charge in [-0.25, -0.2) is 4.79 Å². The Hall–Kier alpha value is -1.88. The van der Waals surface area contributed by atoms with E-state index in [0.717, 1.165) is 19.3 Å². The summed E-state index contributed by atoms with van der Waals surface area (Å²) in [4.78, 5) is 27.0. The van der Waals surface area contributed by atoms with Crippen LogP contribution in [0.5, 0.6) is 0 Å². The monoisotopic (exact) mass is 397 g/mol. The highest BCUT2D eigenvalue weighted by Crippen LogP contribution is 2.66. The maximum Gasteiger partial charge on any atom is 0.335 e. The summed E-state index contributed by atoms with van der Waals surface area (Å²) in [6.07, 6.45) is 6.78. The van der Waals surface area contributed by atoms with Gasteiger partial charge in [-0.05, 0) is 68.3 Å². The van der Waals surface area contributed by atoms with Crippen molar-refractivity contribution in [3.8, 4) is 0 Å². The third-order valence-corrected chi connectivity index (χ3v) is 8.45. The molecule has 5 fully saturated rings. The van der Waals surface area contributed by atoms with E-state index < -0.39 is 11.6 Å². The fourth-order valence-electron chi connectivity index (χ4n) is 7.39. The van der Waals surface area contributed by atoms with E-state index in [9.17, 15) is 19.8 Å². The number of aliphatic hydroxyl groups is 1. The Morgan fingerprint density at radius 3 is 2.14 bits per heavy atom. The van der Waals surface area contributed by atoms with Gasteiger partial charge in [0.1, 0.15) is 0 Å². The van der Waals surface area contributed by atoms with Gasteiger partial charge < -0.3 is 15.1 Å². The molecule has 4 saturated carbocycles. The summed E-state index contributed by atoms with van der Waals surface area (Å²) in [5.74, 6) is 0.276. The molecule has 5 heteroatoms. The number of carbonyl (C=O) groups is 2. The molecule has 1 heterocycles. The molecule has 156 valence electrons. The fraction of sp³-hybridized carbons (Fsp3) is 0.667. The third-order valence-electron chi connectivity index (χ3n) is 8.45. The summed E-state index contributed by atoms with van der Waals surface area (Å²) in [6, 6.07) is 8.93. The first-order valence-corrected chi connectivity index (χ1v) is 11.1. The van der Waals surface area contributed by atoms with Crippen molar-refractivity contribution in [1.29, 1.82) is 0 Å². The van der Waals surface area contributed by atoms with Crippen LogP contribution in [0.4, 0.5) is 0 Å². The number of carboxylic acid groups (broad SMARTS) is 1. The summed E-state index contributed by atoms with van der Waals surface area (Å²) >= 11 is 0. The van der Waals surface area contributed by atoms with Crippen molar-refractivity contribution in [3.05, 3.63) is 35.4 Å². The largest absolute Gasteiger partial charge is 0.479 e. The Morgan fingerprint density at radius 1 is 1.00 bits per heavy atom. The molecule has 5 aliphatic rings. The number of carboxylic acids is 1. The van der Waals surface area contributed by atoms with Crippen LogP contribution in [0.1, 0.15) is 62.5 Å². The van der Waals surface area contributed by atoms with Gasteiger partial charge in [0.05, 0.1) is 5.41 Å². The van der Waals surface area contributed by atoms with E-state index in [0.29, 0.717) is 24.9 Å². The normalized spacial score (nSPS) is 37.5. The van der Waals surface area contributed by atoms with Gasteiger partial charge >= 0.3 is 5.97 Å². The molecule has 4 bridgehead atoms. The van der Waals surface area contributed by atoms with Crippen molar-refractivity contribution < 1.29 is 19.8 Å². The standard InChI is InChI=1S/C24H31NO4/c1-16-2-4-19(5-3-16)22-11-17-10-18(12-22)14-23(13-17,15-22)20(26)25-8-6-24(29,7-9-25)21(27)28/h2-5,17-18,29H,6-15H2,1H3,(H,27,28). The fourth-order valence-corrected chi connectivity index (χ4v) is 7.39. The van der Waals surface area contributed by atoms with E-state index in [2.05, 4.69) is 31.2 Å². The van der Waals surface area contributed by atoms with Crippen molar-refractivity contribution in [2.45, 2.75) is 69.3 Å². The van der Waals surface area contributed by atoms with Gasteiger partial charge in [-0.15, -0.1) is 0 Å². The van der Waals surface area contributed by atoms with Crippen LogP contribution in [0.3, 0.4) is 0 Å². The molecular weight excluding hydrogens is 366 g/mol. The zero-order valence-electron chi connectivity index (χ0n) is 17.2. The second kappa shape index (κ2) is 6.31. The second-order valence-corrected chi connectivity index (χ2v) is 10.5. The molecule has 0 radical (unpaired) electrons. The predicted octanol–water partition coefficient (Wildman–Crippen LogP) is 3.27. The Balaban J connectivity index is 1.41. The Kier molecular flexibility index (Phi) is 4.16. The number of carbonyl (C=O) groups excluding carboxylic acids is 1. The van der Waals surface area contributed by atoms with Crippen molar-refractivity contribution in [2.75, 3.05) is 13.1 Å². The number of hydrogen-bond acceptors (Lipinski definition) is 3. The number of nitrogens with zero attached hydrogens (tertiary/aromatic N) is 1. The molecule has 1 aromatic carbocycles. The average Bonchev–Trinajstić information content (AvgIpc) is 2.67. The van der Waals surface area contributed by atoms with Gasteiger partial charge in [-0.2, -0.15) is 0 Å². The smallest absolute Gasteiger partial charge is 0.335 e. The Morgan fingerprint density at radius 2 is 1.59 bits per heavy atom. The first kappa shape index (κ1) is 19.1. The zero-order chi connectivity index (χ0) is 20.4. The minimum absolute atomic E-state index is 0.116. The average molecular weight is 398 g/mol. The number of hydrogen-bond donors (Lipinski definition) is 2. The van der Waals surface area contributed by atoms with Crippen LogP contribution in [0.25, 0.3) is 0 Å². The van der Waals surface area contributed by atoms with E-state index >= 15 is 0 Å². The van der Waals surface area contributed by atoms with E-state index in [1.54, 1.807) is 0 Å². The van der Waals surface area contributed by atoms with Crippen LogP contribution in [0.15, 0.2) is 24.3 Å². The molecule has 2 N–H and O–H groups in total. The molecule has 29 heavy (non-hydrogen) atoms. The Labute approximate surface area is 172 Å². The van der Waals surface area contributed by atoms with Crippen LogP contribution in [-0.2, 0) is 15.0 Å². The number of piperidine rings is 1. The van der Waals surface area contributed by atoms with Gasteiger partial charge in [0, 0.05) is 25.9 Å². The van der Waals surface area contributed by atoms with E-state index in [1.807, 2.05) is 4.90 Å². The van der Waals surface area contributed by atoms with Crippen LogP contribution < -0.4 is 0 Å². The highest BCUT2D eigenvalue weighted by atomic mass is 16.4. The highest BCUT2D eigenvalue weighted by molar-refractivity contribution is 5.84. The number of benzene rings is 1. The van der Waals surface area contributed by atoms with Gasteiger partial charge in [-0.1, -0.05) is 29.8 Å². The number of rotatable bonds is 3. The molecular formula is C24H31NO4. The quantitative estimate of drug-likeness (QED) is 0.821. The summed E-state index contributed by atoms with van der Waals surface area (Å²) in [5, 5.41) is 19.5. The molecule has 0 spiro atoms. The molecule has 4 aliphatic carbocycles. The first-order chi connectivity index (χ1) is 13.7. The predicted molar refractivity (Wildman–Crippen MR) is 108 cm³/mol. The first-order valence-electron chi connectivity index (χ1n) is 11.1. The molecule has 1 aliphatic heterocycles. The minimum Gasteiger partial charge on any atom is -0.479 e. The zero-order valence-corrected chi connectivity index (χ0v) is 17.2. The molecule has 1 amide bonds. The maximum absolute atomic E-state index is 13.8. The summed E-state index contributed by atoms with van der Waals surface area (Å²) in [6.45, 7) is 2.80. The number of aryl methyl sites for hydroxylation is 1. The van der Waals surface area contributed by atoms with Crippen molar-refractivity contribution >= 4 is 11.9 Å². The van der Waals surface area contributed by atoms with Crippen LogP contribution in [0, 0.1) is 24.2 Å². The summed E-state index contributed by atoms with van der Waals surface area (Å²) in [7, 11) is 0. The third kappa shape index (κ3) is 2.92. The summed E-state index contributed by atoms with van der Waals surface area (Å²) in [5.41, 5.74) is 0.803. The van der Waals surface area contributed by atoms with E-state index in [4.69, 9.17) is 0 Å². The number of aliphatic carboxylic acids is 1. The molecule has 1 saturated heterocycles. The SMILES string of the molecule is Cc1ccc(C23CC4CC(CC(C(=O)N5CCC(O)(C(=O)O)CC5)(C4)C2)C3)cc1. The molecule has 1 aromatic rings. The molecule has 2 atom stereocenters. The highest BCUT2D eigenvalue weighted by Gasteiger charge is 2.61. The van der Waals surface area contributed by atoms with Crippen molar-refractivity contribution in [3.63, 3.8) is 0 Å². The Bertz CT molecular complexity index is 823. The van der Waals surface area contributed by atoms with E-state index in [1.165, 1.54) is 30.4 Å². The van der Waals surface area contributed by atoms with Crippen molar-refractivity contribution in [2.24, 2.45) is 17.3 Å². The van der Waals surface area contributed by atoms with Crippen molar-refractivity contribution in [1.82, 2.24) is 4.90 Å². The molecule has 0 aromatic heterocycles. The maximum atomic E-state index is 13.8.